The van der Waals surface area contributed by atoms with Crippen LogP contribution in [0.5, 0.6) is 0 Å². The van der Waals surface area contributed by atoms with Crippen LogP contribution in [0.4, 0.5) is 0 Å². The van der Waals surface area contributed by atoms with Crippen molar-refractivity contribution in [3.05, 3.63) is 34.9 Å². The second kappa shape index (κ2) is 6.63. The van der Waals surface area contributed by atoms with Gasteiger partial charge in [-0.2, -0.15) is 11.8 Å². The summed E-state index contributed by atoms with van der Waals surface area (Å²) in [5.41, 5.74) is 0.419. The molecule has 126 valence electrons. The molecule has 0 aliphatic carbocycles. The van der Waals surface area contributed by atoms with E-state index in [1.165, 1.54) is 0 Å². The van der Waals surface area contributed by atoms with Crippen LogP contribution in [0, 0.1) is 0 Å². The molecule has 0 radical (unpaired) electrons. The van der Waals surface area contributed by atoms with Crippen LogP contribution in [-0.4, -0.2) is 47.3 Å². The third-order valence-corrected chi connectivity index (χ3v) is 5.30. The van der Waals surface area contributed by atoms with Gasteiger partial charge in [0.25, 0.3) is 5.91 Å². The Bertz CT molecular complexity index is 578. The van der Waals surface area contributed by atoms with Crippen LogP contribution in [0.2, 0.25) is 5.02 Å². The quantitative estimate of drug-likeness (QED) is 0.758. The molecule has 1 aromatic rings. The van der Waals surface area contributed by atoms with Gasteiger partial charge in [0.1, 0.15) is 11.8 Å². The van der Waals surface area contributed by atoms with E-state index >= 15 is 0 Å². The van der Waals surface area contributed by atoms with Crippen molar-refractivity contribution in [1.82, 2.24) is 4.90 Å². The molecule has 2 aliphatic heterocycles. The molecule has 0 saturated carbocycles. The number of amides is 1. The van der Waals surface area contributed by atoms with E-state index in [2.05, 4.69) is 6.26 Å². The first-order valence-corrected chi connectivity index (χ1v) is 9.58. The molecule has 2 heterocycles. The fourth-order valence-corrected chi connectivity index (χ4v) is 3.77. The van der Waals surface area contributed by atoms with E-state index in [4.69, 9.17) is 21.1 Å². The van der Waals surface area contributed by atoms with Crippen LogP contribution in [0.3, 0.4) is 0 Å². The lowest BCUT2D eigenvalue weighted by Gasteiger charge is -2.33. The van der Waals surface area contributed by atoms with E-state index in [1.807, 2.05) is 43.0 Å². The summed E-state index contributed by atoms with van der Waals surface area (Å²) in [6, 6.07) is 7.60. The zero-order chi connectivity index (χ0) is 16.6. The molecule has 3 rings (SSSR count). The van der Waals surface area contributed by atoms with Crippen molar-refractivity contribution in [3.8, 4) is 0 Å². The number of ether oxygens (including phenoxy) is 2. The second-order valence-corrected chi connectivity index (χ2v) is 7.85. The Labute approximate surface area is 146 Å². The fourth-order valence-electron chi connectivity index (χ4n) is 3.14. The number of carbonyl (C=O) groups excluding carboxylic acids is 1. The standard InChI is InChI=1S/C17H22ClNO3S/c1-17(2)19(13(10-21-17)8-9-23-3)16(20)15-14(22-15)11-4-6-12(18)7-5-11/h4-7,13-15H,8-10H2,1-3H3/t13-,14+,15-/m0/s1. The molecule has 23 heavy (non-hydrogen) atoms. The Morgan fingerprint density at radius 3 is 2.74 bits per heavy atom. The minimum absolute atomic E-state index is 0.0264. The van der Waals surface area contributed by atoms with Gasteiger partial charge in [0, 0.05) is 5.02 Å². The zero-order valence-electron chi connectivity index (χ0n) is 13.6. The summed E-state index contributed by atoms with van der Waals surface area (Å²) in [7, 11) is 0. The molecule has 2 aliphatic rings. The van der Waals surface area contributed by atoms with Gasteiger partial charge in [0.05, 0.1) is 12.6 Å². The molecule has 0 unspecified atom stereocenters. The van der Waals surface area contributed by atoms with E-state index in [-0.39, 0.29) is 18.1 Å². The summed E-state index contributed by atoms with van der Waals surface area (Å²) in [4.78, 5) is 14.8. The number of carbonyl (C=O) groups is 1. The van der Waals surface area contributed by atoms with Gasteiger partial charge in [-0.15, -0.1) is 0 Å². The lowest BCUT2D eigenvalue weighted by Crippen LogP contribution is -2.50. The Balaban J connectivity index is 1.70. The van der Waals surface area contributed by atoms with Crippen molar-refractivity contribution in [3.63, 3.8) is 0 Å². The Morgan fingerprint density at radius 2 is 2.09 bits per heavy atom. The molecular weight excluding hydrogens is 334 g/mol. The Morgan fingerprint density at radius 1 is 1.39 bits per heavy atom. The number of hydrogen-bond acceptors (Lipinski definition) is 4. The highest BCUT2D eigenvalue weighted by Gasteiger charge is 2.54. The summed E-state index contributed by atoms with van der Waals surface area (Å²) in [5, 5.41) is 0.684. The molecule has 2 fully saturated rings. The van der Waals surface area contributed by atoms with E-state index in [1.54, 1.807) is 11.8 Å². The average Bonchev–Trinajstić information content (AvgIpc) is 3.25. The molecule has 4 nitrogen and oxygen atoms in total. The van der Waals surface area contributed by atoms with Crippen LogP contribution < -0.4 is 0 Å². The topological polar surface area (TPSA) is 42.1 Å². The third-order valence-electron chi connectivity index (χ3n) is 4.40. The van der Waals surface area contributed by atoms with Crippen LogP contribution in [0.25, 0.3) is 0 Å². The lowest BCUT2D eigenvalue weighted by molar-refractivity contribution is -0.147. The largest absolute Gasteiger partial charge is 0.354 e. The van der Waals surface area contributed by atoms with Crippen LogP contribution in [0.1, 0.15) is 31.9 Å². The normalized spacial score (nSPS) is 28.9. The van der Waals surface area contributed by atoms with Gasteiger partial charge >= 0.3 is 0 Å². The fraction of sp³-hybridized carbons (Fsp3) is 0.588. The van der Waals surface area contributed by atoms with E-state index in [0.717, 1.165) is 17.7 Å². The third kappa shape index (κ3) is 3.53. The number of benzene rings is 1. The van der Waals surface area contributed by atoms with Gasteiger partial charge in [-0.05, 0) is 50.0 Å². The number of nitrogens with zero attached hydrogens (tertiary/aromatic N) is 1. The first-order valence-electron chi connectivity index (χ1n) is 7.81. The minimum atomic E-state index is -0.573. The first-order chi connectivity index (χ1) is 10.9. The zero-order valence-corrected chi connectivity index (χ0v) is 15.2. The van der Waals surface area contributed by atoms with Gasteiger partial charge in [0.2, 0.25) is 0 Å². The molecule has 0 aromatic heterocycles. The Kier molecular flexibility index (Phi) is 4.93. The van der Waals surface area contributed by atoms with Crippen molar-refractivity contribution in [2.24, 2.45) is 0 Å². The molecule has 1 amide bonds. The van der Waals surface area contributed by atoms with E-state index in [0.29, 0.717) is 11.6 Å². The maximum Gasteiger partial charge on any atom is 0.257 e. The molecule has 0 spiro atoms. The second-order valence-electron chi connectivity index (χ2n) is 6.43. The predicted molar refractivity (Wildman–Crippen MR) is 92.7 cm³/mol. The van der Waals surface area contributed by atoms with Crippen LogP contribution >= 0.6 is 23.4 Å². The van der Waals surface area contributed by atoms with Crippen molar-refractivity contribution in [2.75, 3.05) is 18.6 Å². The summed E-state index contributed by atoms with van der Waals surface area (Å²) < 4.78 is 11.5. The number of thioether (sulfide) groups is 1. The Hall–Kier alpha value is -0.750. The number of epoxide rings is 1. The monoisotopic (exact) mass is 355 g/mol. The smallest absolute Gasteiger partial charge is 0.257 e. The number of hydrogen-bond donors (Lipinski definition) is 0. The van der Waals surface area contributed by atoms with Crippen LogP contribution in [-0.2, 0) is 14.3 Å². The van der Waals surface area contributed by atoms with E-state index < -0.39 is 11.8 Å². The number of halogens is 1. The number of rotatable bonds is 5. The summed E-state index contributed by atoms with van der Waals surface area (Å²) in [6.07, 6.45) is 2.44. The van der Waals surface area contributed by atoms with Crippen molar-refractivity contribution in [1.29, 1.82) is 0 Å². The minimum Gasteiger partial charge on any atom is -0.354 e. The van der Waals surface area contributed by atoms with Gasteiger partial charge in [0.15, 0.2) is 6.10 Å². The average molecular weight is 356 g/mol. The maximum atomic E-state index is 12.9. The van der Waals surface area contributed by atoms with E-state index in [9.17, 15) is 4.79 Å². The van der Waals surface area contributed by atoms with Crippen molar-refractivity contribution in [2.45, 2.75) is 44.2 Å². The molecule has 0 bridgehead atoms. The predicted octanol–water partition coefficient (Wildman–Crippen LogP) is 3.50. The molecule has 2 saturated heterocycles. The van der Waals surface area contributed by atoms with Gasteiger partial charge in [-0.25, -0.2) is 0 Å². The molecule has 1 aromatic carbocycles. The van der Waals surface area contributed by atoms with Crippen molar-refractivity contribution < 1.29 is 14.3 Å². The van der Waals surface area contributed by atoms with Gasteiger partial charge in [-0.1, -0.05) is 23.7 Å². The van der Waals surface area contributed by atoms with Gasteiger partial charge in [-0.3, -0.25) is 4.79 Å². The van der Waals surface area contributed by atoms with Crippen molar-refractivity contribution >= 4 is 29.3 Å². The maximum absolute atomic E-state index is 12.9. The summed E-state index contributed by atoms with van der Waals surface area (Å²) in [5.74, 6) is 1.04. The highest BCUT2D eigenvalue weighted by atomic mass is 35.5. The molecular formula is C17H22ClNO3S. The SMILES string of the molecule is CSCC[C@H]1COC(C)(C)N1C(=O)[C@H]1O[C@@H]1c1ccc(Cl)cc1. The molecule has 6 heteroatoms. The van der Waals surface area contributed by atoms with Gasteiger partial charge < -0.3 is 14.4 Å². The highest BCUT2D eigenvalue weighted by molar-refractivity contribution is 7.98. The summed E-state index contributed by atoms with van der Waals surface area (Å²) in [6.45, 7) is 4.49. The molecule has 3 atom stereocenters. The first kappa shape index (κ1) is 17.1. The molecule has 0 N–H and O–H groups in total. The highest BCUT2D eigenvalue weighted by Crippen LogP contribution is 2.43. The van der Waals surface area contributed by atoms with Crippen LogP contribution in [0.15, 0.2) is 24.3 Å². The lowest BCUT2D eigenvalue weighted by atomic mass is 10.1. The summed E-state index contributed by atoms with van der Waals surface area (Å²) >= 11 is 7.70.